The Labute approximate surface area is 166 Å². The predicted octanol–water partition coefficient (Wildman–Crippen LogP) is 4.23. The Morgan fingerprint density at radius 2 is 0.893 bits per heavy atom. The van der Waals surface area contributed by atoms with E-state index < -0.39 is 0 Å². The summed E-state index contributed by atoms with van der Waals surface area (Å²) in [6, 6.07) is 26.6. The van der Waals surface area contributed by atoms with E-state index in [1.165, 1.54) is 0 Å². The van der Waals surface area contributed by atoms with E-state index in [1.54, 1.807) is 48.2 Å². The van der Waals surface area contributed by atoms with Crippen LogP contribution in [0.1, 0.15) is 31.8 Å². The molecule has 0 fully saturated rings. The van der Waals surface area contributed by atoms with Gasteiger partial charge in [0, 0.05) is 38.3 Å². The number of carbonyl (C=O) groups is 2. The molecule has 0 unspecified atom stereocenters. The number of carbonyl (C=O) groups excluding carboxylic acids is 2. The van der Waals surface area contributed by atoms with Crippen molar-refractivity contribution >= 4 is 11.8 Å². The van der Waals surface area contributed by atoms with E-state index in [-0.39, 0.29) is 11.8 Å². The van der Waals surface area contributed by atoms with Crippen LogP contribution in [0.3, 0.4) is 0 Å². The molecule has 0 aliphatic carbocycles. The van der Waals surface area contributed by atoms with Gasteiger partial charge in [-0.2, -0.15) is 0 Å². The molecule has 0 bridgehead atoms. The first kappa shape index (κ1) is 19.4. The lowest BCUT2D eigenvalue weighted by atomic mass is 10.1. The van der Waals surface area contributed by atoms with Gasteiger partial charge in [0.25, 0.3) is 11.8 Å². The van der Waals surface area contributed by atoms with Crippen LogP contribution in [0.4, 0.5) is 0 Å². The number of amides is 2. The fourth-order valence-corrected chi connectivity index (χ4v) is 3.05. The van der Waals surface area contributed by atoms with Crippen molar-refractivity contribution in [1.82, 2.24) is 9.80 Å². The van der Waals surface area contributed by atoms with E-state index in [1.807, 2.05) is 60.7 Å². The van der Waals surface area contributed by atoms with Gasteiger partial charge in [-0.15, -0.1) is 0 Å². The molecule has 0 aromatic heterocycles. The van der Waals surface area contributed by atoms with Crippen LogP contribution in [-0.2, 0) is 13.1 Å². The van der Waals surface area contributed by atoms with Crippen molar-refractivity contribution in [2.75, 3.05) is 14.1 Å². The van der Waals surface area contributed by atoms with E-state index in [4.69, 9.17) is 0 Å². The molecule has 0 saturated heterocycles. The second kappa shape index (κ2) is 9.00. The number of nitrogens with zero attached hydrogens (tertiary/aromatic N) is 2. The van der Waals surface area contributed by atoms with Crippen LogP contribution in [0.15, 0.2) is 84.9 Å². The Balaban J connectivity index is 1.63. The SMILES string of the molecule is CN(Cc1ccccc1)C(=O)c1ccc(C(=O)N(C)Cc2ccccc2)cc1. The second-order valence-corrected chi connectivity index (χ2v) is 6.87. The summed E-state index contributed by atoms with van der Waals surface area (Å²) in [6.07, 6.45) is 0. The first-order valence-electron chi connectivity index (χ1n) is 9.23. The molecular weight excluding hydrogens is 348 g/mol. The lowest BCUT2D eigenvalue weighted by Gasteiger charge is -2.19. The molecule has 2 amide bonds. The van der Waals surface area contributed by atoms with Crippen LogP contribution < -0.4 is 0 Å². The van der Waals surface area contributed by atoms with E-state index >= 15 is 0 Å². The van der Waals surface area contributed by atoms with Crippen molar-refractivity contribution in [2.24, 2.45) is 0 Å². The van der Waals surface area contributed by atoms with Crippen LogP contribution in [-0.4, -0.2) is 35.7 Å². The van der Waals surface area contributed by atoms with Crippen molar-refractivity contribution in [3.63, 3.8) is 0 Å². The van der Waals surface area contributed by atoms with Gasteiger partial charge in [0.15, 0.2) is 0 Å². The first-order chi connectivity index (χ1) is 13.5. The lowest BCUT2D eigenvalue weighted by Crippen LogP contribution is -2.27. The molecule has 3 aromatic carbocycles. The molecule has 4 nitrogen and oxygen atoms in total. The van der Waals surface area contributed by atoms with Gasteiger partial charge >= 0.3 is 0 Å². The highest BCUT2D eigenvalue weighted by Crippen LogP contribution is 2.13. The van der Waals surface area contributed by atoms with Crippen LogP contribution in [0.5, 0.6) is 0 Å². The standard InChI is InChI=1S/C24H24N2O2/c1-25(17-19-9-5-3-6-10-19)23(27)21-13-15-22(16-14-21)24(28)26(2)18-20-11-7-4-8-12-20/h3-16H,17-18H2,1-2H3. The van der Waals surface area contributed by atoms with Crippen molar-refractivity contribution < 1.29 is 9.59 Å². The van der Waals surface area contributed by atoms with Crippen molar-refractivity contribution in [3.8, 4) is 0 Å². The van der Waals surface area contributed by atoms with Crippen molar-refractivity contribution in [3.05, 3.63) is 107 Å². The van der Waals surface area contributed by atoms with Crippen LogP contribution in [0.25, 0.3) is 0 Å². The Morgan fingerprint density at radius 3 is 1.21 bits per heavy atom. The van der Waals surface area contributed by atoms with Gasteiger partial charge in [0.05, 0.1) is 0 Å². The van der Waals surface area contributed by atoms with Crippen molar-refractivity contribution in [1.29, 1.82) is 0 Å². The molecule has 0 radical (unpaired) electrons. The molecule has 0 saturated carbocycles. The summed E-state index contributed by atoms with van der Waals surface area (Å²) in [5, 5.41) is 0. The fourth-order valence-electron chi connectivity index (χ4n) is 3.05. The number of benzene rings is 3. The molecule has 0 atom stereocenters. The van der Waals surface area contributed by atoms with Gasteiger partial charge < -0.3 is 9.80 Å². The molecule has 4 heteroatoms. The molecule has 0 aliphatic heterocycles. The lowest BCUT2D eigenvalue weighted by molar-refractivity contribution is 0.0773. The first-order valence-corrected chi connectivity index (χ1v) is 9.23. The summed E-state index contributed by atoms with van der Waals surface area (Å²) in [6.45, 7) is 1.08. The summed E-state index contributed by atoms with van der Waals surface area (Å²) < 4.78 is 0. The molecule has 3 rings (SSSR count). The number of rotatable bonds is 6. The third kappa shape index (κ3) is 4.86. The minimum Gasteiger partial charge on any atom is -0.337 e. The van der Waals surface area contributed by atoms with E-state index in [9.17, 15) is 9.59 Å². The van der Waals surface area contributed by atoms with E-state index in [0.29, 0.717) is 24.2 Å². The minimum absolute atomic E-state index is 0.0690. The zero-order chi connectivity index (χ0) is 19.9. The van der Waals surface area contributed by atoms with Gasteiger partial charge in [0.1, 0.15) is 0 Å². The van der Waals surface area contributed by atoms with E-state index in [0.717, 1.165) is 11.1 Å². The maximum absolute atomic E-state index is 12.6. The maximum Gasteiger partial charge on any atom is 0.253 e. The summed E-state index contributed by atoms with van der Waals surface area (Å²) in [7, 11) is 3.56. The number of hydrogen-bond donors (Lipinski definition) is 0. The highest BCUT2D eigenvalue weighted by Gasteiger charge is 2.15. The molecule has 0 aliphatic rings. The van der Waals surface area contributed by atoms with Crippen molar-refractivity contribution in [2.45, 2.75) is 13.1 Å². The Morgan fingerprint density at radius 1 is 0.571 bits per heavy atom. The monoisotopic (exact) mass is 372 g/mol. The molecule has 142 valence electrons. The smallest absolute Gasteiger partial charge is 0.253 e. The quantitative estimate of drug-likeness (QED) is 0.650. The summed E-state index contributed by atoms with van der Waals surface area (Å²) in [5.74, 6) is -0.138. The predicted molar refractivity (Wildman–Crippen MR) is 111 cm³/mol. The molecular formula is C24H24N2O2. The second-order valence-electron chi connectivity index (χ2n) is 6.87. The maximum atomic E-state index is 12.6. The average molecular weight is 372 g/mol. The summed E-state index contributed by atoms with van der Waals surface area (Å²) >= 11 is 0. The van der Waals surface area contributed by atoms with Crippen LogP contribution >= 0.6 is 0 Å². The Bertz CT molecular complexity index is 843. The van der Waals surface area contributed by atoms with E-state index in [2.05, 4.69) is 0 Å². The normalized spacial score (nSPS) is 10.4. The van der Waals surface area contributed by atoms with Gasteiger partial charge in [-0.1, -0.05) is 60.7 Å². The van der Waals surface area contributed by atoms with Gasteiger partial charge in [-0.05, 0) is 35.4 Å². The third-order valence-corrected chi connectivity index (χ3v) is 4.60. The van der Waals surface area contributed by atoms with Gasteiger partial charge in [-0.25, -0.2) is 0 Å². The fraction of sp³-hybridized carbons (Fsp3) is 0.167. The topological polar surface area (TPSA) is 40.6 Å². The highest BCUT2D eigenvalue weighted by atomic mass is 16.2. The average Bonchev–Trinajstić information content (AvgIpc) is 2.74. The molecule has 0 heterocycles. The largest absolute Gasteiger partial charge is 0.337 e. The zero-order valence-electron chi connectivity index (χ0n) is 16.2. The number of hydrogen-bond acceptors (Lipinski definition) is 2. The molecule has 28 heavy (non-hydrogen) atoms. The molecule has 3 aromatic rings. The Hall–Kier alpha value is -3.40. The molecule has 0 spiro atoms. The van der Waals surface area contributed by atoms with Crippen LogP contribution in [0, 0.1) is 0 Å². The molecule has 0 N–H and O–H groups in total. The Kier molecular flexibility index (Phi) is 6.22. The van der Waals surface area contributed by atoms with Crippen LogP contribution in [0.2, 0.25) is 0 Å². The zero-order valence-corrected chi connectivity index (χ0v) is 16.2. The third-order valence-electron chi connectivity index (χ3n) is 4.60. The summed E-state index contributed by atoms with van der Waals surface area (Å²) in [4.78, 5) is 28.6. The highest BCUT2D eigenvalue weighted by molar-refractivity contribution is 5.97. The van der Waals surface area contributed by atoms with Gasteiger partial charge in [-0.3, -0.25) is 9.59 Å². The summed E-state index contributed by atoms with van der Waals surface area (Å²) in [5.41, 5.74) is 3.29. The minimum atomic E-state index is -0.0690. The van der Waals surface area contributed by atoms with Gasteiger partial charge in [0.2, 0.25) is 0 Å².